The van der Waals surface area contributed by atoms with Crippen molar-refractivity contribution in [1.82, 2.24) is 0 Å². The van der Waals surface area contributed by atoms with Crippen LogP contribution in [0.15, 0.2) is 0 Å². The van der Waals surface area contributed by atoms with Crippen LogP contribution in [0.4, 0.5) is 0 Å². The first-order chi connectivity index (χ1) is 23.6. The molecule has 0 spiro atoms. The van der Waals surface area contributed by atoms with Crippen LogP contribution in [0.2, 0.25) is 0 Å². The van der Waals surface area contributed by atoms with Crippen LogP contribution < -0.4 is 0 Å². The molecule has 278 valence electrons. The van der Waals surface area contributed by atoms with Gasteiger partial charge in [0.25, 0.3) is 0 Å². The normalized spacial score (nSPS) is 55.2. The van der Waals surface area contributed by atoms with Gasteiger partial charge in [0.05, 0.1) is 11.5 Å². The maximum atomic E-state index is 14.9. The molecule has 5 aliphatic carbocycles. The van der Waals surface area contributed by atoms with E-state index in [0.29, 0.717) is 0 Å². The second kappa shape index (κ2) is 10.2. The smallest absolute Gasteiger partial charge is 0.339 e. The van der Waals surface area contributed by atoms with Crippen molar-refractivity contribution in [2.75, 3.05) is 0 Å². The third-order valence-electron chi connectivity index (χ3n) is 14.7. The molecule has 0 aromatic heterocycles. The highest BCUT2D eigenvalue weighted by atomic mass is 16.6. The molecule has 3 aliphatic heterocycles. The van der Waals surface area contributed by atoms with Crippen LogP contribution >= 0.6 is 0 Å². The average molecular weight is 717 g/mol. The van der Waals surface area contributed by atoms with Gasteiger partial charge in [-0.25, -0.2) is 4.79 Å². The van der Waals surface area contributed by atoms with Gasteiger partial charge in [0.1, 0.15) is 42.2 Å². The van der Waals surface area contributed by atoms with E-state index in [1.165, 1.54) is 34.6 Å². The van der Waals surface area contributed by atoms with Gasteiger partial charge in [-0.3, -0.25) is 28.8 Å². The molecule has 0 aromatic carbocycles. The number of aliphatic hydroxyl groups is 1. The van der Waals surface area contributed by atoms with Crippen molar-refractivity contribution in [1.29, 1.82) is 0 Å². The lowest BCUT2D eigenvalue weighted by Crippen LogP contribution is -2.75. The summed E-state index contributed by atoms with van der Waals surface area (Å²) in [6.07, 6.45) is -8.20. The highest BCUT2D eigenvalue weighted by Gasteiger charge is 2.90. The Hall–Kier alpha value is -3.43. The average Bonchev–Trinajstić information content (AvgIpc) is 3.91. The number of ketones is 2. The van der Waals surface area contributed by atoms with Gasteiger partial charge in [0.15, 0.2) is 23.3 Å². The minimum absolute atomic E-state index is 0.193. The number of ether oxygens (including phenoxy) is 7. The number of hydrogen-bond acceptors (Lipinski definition) is 15. The molecule has 2 unspecified atom stereocenters. The number of carbonyl (C=O) groups is 7. The Bertz CT molecular complexity index is 1700. The lowest BCUT2D eigenvalue weighted by molar-refractivity contribution is -0.276. The first kappa shape index (κ1) is 34.6. The fourth-order valence-electron chi connectivity index (χ4n) is 12.8. The highest BCUT2D eigenvalue weighted by Crippen LogP contribution is 2.79. The highest BCUT2D eigenvalue weighted by molar-refractivity contribution is 6.01. The van der Waals surface area contributed by atoms with Gasteiger partial charge in [0.2, 0.25) is 0 Å². The Morgan fingerprint density at radius 3 is 1.92 bits per heavy atom. The number of rotatable bonds is 4. The van der Waals surface area contributed by atoms with E-state index in [0.717, 1.165) is 6.92 Å². The summed E-state index contributed by atoms with van der Waals surface area (Å²) in [5, 5.41) is 11.9. The summed E-state index contributed by atoms with van der Waals surface area (Å²) in [6, 6.07) is 0. The summed E-state index contributed by atoms with van der Waals surface area (Å²) >= 11 is 0. The van der Waals surface area contributed by atoms with Crippen molar-refractivity contribution in [3.05, 3.63) is 0 Å². The van der Waals surface area contributed by atoms with Gasteiger partial charge in [-0.15, -0.1) is 0 Å². The zero-order valence-corrected chi connectivity index (χ0v) is 30.0. The number of epoxide rings is 2. The number of Topliss-reactive ketones (excluding diaryl/α,β-unsaturated/α-hetero) is 2. The summed E-state index contributed by atoms with van der Waals surface area (Å²) in [7, 11) is 0. The van der Waals surface area contributed by atoms with Crippen molar-refractivity contribution in [2.45, 2.75) is 129 Å². The molecule has 5 saturated carbocycles. The van der Waals surface area contributed by atoms with Crippen LogP contribution in [0.5, 0.6) is 0 Å². The Morgan fingerprint density at radius 2 is 1.33 bits per heavy atom. The van der Waals surface area contributed by atoms with E-state index in [-0.39, 0.29) is 6.42 Å². The molecule has 15 heteroatoms. The standard InChI is InChI=1S/C36H44O15/c1-11(37)45-23-17-18-24-20-26(35(8)30(51-35)27(42)34(20,7)36(9,44)31(43)50-24)33(18,6)29(48-14(4)40)25(46-12(2)38)19(17)32(5)15(21(23)41)10-16-22(49-16)28(32)47-13(3)39/h15-20,22-26,28-30,44H,10H2,1-9H3/t15-,16+,17+,18-,19-,20-,22+,23-,24-,25+,26+,28+,29+,30?,32+,33+,34-,35?,36-/m1/s1. The minimum atomic E-state index is -2.30. The predicted octanol–water partition coefficient (Wildman–Crippen LogP) is 0.627. The van der Waals surface area contributed by atoms with Gasteiger partial charge in [-0.05, 0) is 27.2 Å². The third-order valence-corrected chi connectivity index (χ3v) is 14.7. The van der Waals surface area contributed by atoms with E-state index in [1.54, 1.807) is 20.8 Å². The molecule has 0 amide bonds. The summed E-state index contributed by atoms with van der Waals surface area (Å²) in [4.78, 5) is 95.1. The predicted molar refractivity (Wildman–Crippen MR) is 165 cm³/mol. The van der Waals surface area contributed by atoms with E-state index >= 15 is 0 Å². The molecule has 19 atom stereocenters. The Morgan fingerprint density at radius 1 is 0.745 bits per heavy atom. The fraction of sp³-hybridized carbons (Fsp3) is 0.806. The molecule has 1 N–H and O–H groups in total. The molecule has 0 radical (unpaired) electrons. The van der Waals surface area contributed by atoms with Gasteiger partial charge in [-0.2, -0.15) is 0 Å². The number of esters is 5. The number of carbonyl (C=O) groups excluding carboxylic acids is 7. The minimum Gasteiger partial charge on any atom is -0.460 e. The maximum Gasteiger partial charge on any atom is 0.339 e. The van der Waals surface area contributed by atoms with Crippen LogP contribution in [0.1, 0.15) is 68.7 Å². The van der Waals surface area contributed by atoms with Crippen molar-refractivity contribution >= 4 is 41.4 Å². The molecule has 8 rings (SSSR count). The zero-order valence-electron chi connectivity index (χ0n) is 30.0. The molecule has 51 heavy (non-hydrogen) atoms. The molecule has 3 saturated heterocycles. The lowest BCUT2D eigenvalue weighted by Gasteiger charge is -2.65. The topological polar surface area (TPSA) is 211 Å². The van der Waals surface area contributed by atoms with Crippen molar-refractivity contribution in [3.8, 4) is 0 Å². The van der Waals surface area contributed by atoms with E-state index in [9.17, 15) is 38.7 Å². The van der Waals surface area contributed by atoms with E-state index in [2.05, 4.69) is 0 Å². The van der Waals surface area contributed by atoms with Crippen LogP contribution in [0.25, 0.3) is 0 Å². The van der Waals surface area contributed by atoms with Crippen LogP contribution in [0, 0.1) is 51.8 Å². The van der Waals surface area contributed by atoms with Crippen LogP contribution in [0.3, 0.4) is 0 Å². The molecule has 3 heterocycles. The third kappa shape index (κ3) is 3.97. The first-order valence-corrected chi connectivity index (χ1v) is 17.6. The molecule has 0 bridgehead atoms. The van der Waals surface area contributed by atoms with Crippen molar-refractivity contribution in [2.24, 2.45) is 51.8 Å². The molecular weight excluding hydrogens is 672 g/mol. The second-order valence-corrected chi connectivity index (χ2v) is 17.0. The first-order valence-electron chi connectivity index (χ1n) is 17.6. The van der Waals surface area contributed by atoms with Gasteiger partial charge >= 0.3 is 29.8 Å². The Kier molecular flexibility index (Phi) is 6.90. The van der Waals surface area contributed by atoms with Crippen molar-refractivity contribution < 1.29 is 71.8 Å². The SMILES string of the molecule is CC(=O)O[C@H]1[C@H]2[C@H]([C@@H]3[C@H]4OC(=O)[C@@](C)(O)[C@@]5(C)C(=O)C6OC6(C)[C@@H]([C@@H]45)[C@@]3(C)[C@H]1OC(C)=O)[C@@H](OC(C)=O)C(=O)[C@H]1C[C@@H]3O[C@@H]3[C@H](OC(C)=O)[C@]21C. The monoisotopic (exact) mass is 716 g/mol. The van der Waals surface area contributed by atoms with E-state index in [4.69, 9.17) is 33.2 Å². The quantitative estimate of drug-likeness (QED) is 0.240. The largest absolute Gasteiger partial charge is 0.460 e. The molecule has 0 aromatic rings. The van der Waals surface area contributed by atoms with E-state index in [1.807, 2.05) is 0 Å². The Balaban J connectivity index is 1.44. The van der Waals surface area contributed by atoms with Gasteiger partial charge in [-0.1, -0.05) is 13.8 Å². The molecule has 15 nitrogen and oxygen atoms in total. The van der Waals surface area contributed by atoms with Crippen LogP contribution in [-0.2, 0) is 66.7 Å². The molecule has 8 aliphatic rings. The van der Waals surface area contributed by atoms with Gasteiger partial charge < -0.3 is 38.3 Å². The summed E-state index contributed by atoms with van der Waals surface area (Å²) in [5.74, 6) is -10.7. The molecule has 8 fully saturated rings. The summed E-state index contributed by atoms with van der Waals surface area (Å²) < 4.78 is 42.8. The fourth-order valence-corrected chi connectivity index (χ4v) is 12.8. The van der Waals surface area contributed by atoms with Crippen LogP contribution in [-0.4, -0.2) is 107 Å². The van der Waals surface area contributed by atoms with E-state index < -0.39 is 153 Å². The molecular formula is C36H44O15. The number of hydrogen-bond donors (Lipinski definition) is 1. The second-order valence-electron chi connectivity index (χ2n) is 17.0. The summed E-state index contributed by atoms with van der Waals surface area (Å²) in [5.41, 5.74) is -8.03. The van der Waals surface area contributed by atoms with Crippen molar-refractivity contribution in [3.63, 3.8) is 0 Å². The summed E-state index contributed by atoms with van der Waals surface area (Å²) in [6.45, 7) is 12.8. The van der Waals surface area contributed by atoms with Gasteiger partial charge in [0, 0.05) is 74.0 Å². The lowest BCUT2D eigenvalue weighted by atomic mass is 9.41. The number of fused-ring (bicyclic) bond motifs is 10. The Labute approximate surface area is 293 Å². The zero-order chi connectivity index (χ0) is 37.3. The maximum absolute atomic E-state index is 14.9.